The molecule has 0 aliphatic rings. The highest BCUT2D eigenvalue weighted by atomic mass is 16.5. The van der Waals surface area contributed by atoms with Crippen LogP contribution in [0.5, 0.6) is 5.75 Å². The van der Waals surface area contributed by atoms with Crippen molar-refractivity contribution < 1.29 is 9.15 Å². The fraction of sp³-hybridized carbons (Fsp3) is 0.438. The number of hydrogen-bond acceptors (Lipinski definition) is 4. The number of nitrogens with one attached hydrogen (secondary N) is 1. The summed E-state index contributed by atoms with van der Waals surface area (Å²) in [5, 5.41) is 3.42. The van der Waals surface area contributed by atoms with Gasteiger partial charge in [0.25, 0.3) is 0 Å². The van der Waals surface area contributed by atoms with E-state index < -0.39 is 0 Å². The fourth-order valence-electron chi connectivity index (χ4n) is 1.96. The van der Waals surface area contributed by atoms with Crippen molar-refractivity contribution in [3.63, 3.8) is 0 Å². The van der Waals surface area contributed by atoms with Crippen LogP contribution in [0.25, 0.3) is 11.3 Å². The minimum atomic E-state index is 0.0346. The van der Waals surface area contributed by atoms with Gasteiger partial charge in [0.15, 0.2) is 12.2 Å². The first-order valence-corrected chi connectivity index (χ1v) is 6.73. The molecule has 0 aliphatic heterocycles. The van der Waals surface area contributed by atoms with Crippen LogP contribution in [0.3, 0.4) is 0 Å². The average molecular weight is 274 g/mol. The van der Waals surface area contributed by atoms with Gasteiger partial charge in [-0.3, -0.25) is 0 Å². The van der Waals surface area contributed by atoms with E-state index in [1.165, 1.54) is 6.39 Å². The van der Waals surface area contributed by atoms with Crippen molar-refractivity contribution in [2.45, 2.75) is 39.8 Å². The molecular weight excluding hydrogens is 252 g/mol. The van der Waals surface area contributed by atoms with Gasteiger partial charge >= 0.3 is 0 Å². The molecule has 1 heterocycles. The first-order chi connectivity index (χ1) is 9.40. The highest BCUT2D eigenvalue weighted by Crippen LogP contribution is 2.33. The molecule has 0 spiro atoms. The average Bonchev–Trinajstić information content (AvgIpc) is 2.83. The number of methoxy groups -OCH3 is 1. The van der Waals surface area contributed by atoms with E-state index in [1.54, 1.807) is 7.11 Å². The Bertz CT molecular complexity index is 582. The molecule has 0 bridgehead atoms. The van der Waals surface area contributed by atoms with E-state index in [0.29, 0.717) is 6.54 Å². The number of benzene rings is 1. The number of rotatable bonds is 4. The highest BCUT2D eigenvalue weighted by molar-refractivity contribution is 5.68. The summed E-state index contributed by atoms with van der Waals surface area (Å²) in [6.45, 7) is 9.08. The van der Waals surface area contributed by atoms with Crippen LogP contribution >= 0.6 is 0 Å². The third kappa shape index (κ3) is 3.39. The third-order valence-electron chi connectivity index (χ3n) is 3.03. The first kappa shape index (κ1) is 14.6. The zero-order valence-electron chi connectivity index (χ0n) is 12.8. The smallest absolute Gasteiger partial charge is 0.181 e. The van der Waals surface area contributed by atoms with Crippen LogP contribution in [-0.2, 0) is 6.54 Å². The van der Waals surface area contributed by atoms with Gasteiger partial charge in [-0.2, -0.15) is 0 Å². The van der Waals surface area contributed by atoms with Crippen molar-refractivity contribution in [1.82, 2.24) is 10.3 Å². The Morgan fingerprint density at radius 3 is 2.70 bits per heavy atom. The molecule has 0 atom stereocenters. The molecule has 4 nitrogen and oxygen atoms in total. The Labute approximate surface area is 120 Å². The molecule has 1 aromatic carbocycles. The van der Waals surface area contributed by atoms with E-state index in [9.17, 15) is 0 Å². The van der Waals surface area contributed by atoms with Gasteiger partial charge in [-0.15, -0.1) is 0 Å². The molecule has 0 amide bonds. The summed E-state index contributed by atoms with van der Waals surface area (Å²) in [6, 6.07) is 6.03. The van der Waals surface area contributed by atoms with Crippen LogP contribution in [0.15, 0.2) is 29.0 Å². The van der Waals surface area contributed by atoms with Gasteiger partial charge in [0.1, 0.15) is 11.4 Å². The molecule has 1 N–H and O–H groups in total. The second-order valence-electron chi connectivity index (χ2n) is 5.94. The predicted octanol–water partition coefficient (Wildman–Crippen LogP) is 3.55. The molecule has 0 saturated carbocycles. The Kier molecular flexibility index (Phi) is 4.14. The Morgan fingerprint density at radius 2 is 2.05 bits per heavy atom. The fourth-order valence-corrected chi connectivity index (χ4v) is 1.96. The molecule has 2 aromatic rings. The maximum Gasteiger partial charge on any atom is 0.181 e. The molecule has 0 unspecified atom stereocenters. The standard InChI is InChI=1S/C16H22N2O2/c1-11-6-7-14(19-5)12(8-11)15-13(17-10-20-15)9-18-16(2,3)4/h6-8,10,18H,9H2,1-5H3. The van der Waals surface area contributed by atoms with Crippen LogP contribution < -0.4 is 10.1 Å². The largest absolute Gasteiger partial charge is 0.496 e. The van der Waals surface area contributed by atoms with E-state index in [-0.39, 0.29) is 5.54 Å². The SMILES string of the molecule is COc1ccc(C)cc1-c1ocnc1CNC(C)(C)C. The molecule has 108 valence electrons. The lowest BCUT2D eigenvalue weighted by atomic mass is 10.1. The van der Waals surface area contributed by atoms with Crippen LogP contribution in [-0.4, -0.2) is 17.6 Å². The predicted molar refractivity (Wildman–Crippen MR) is 79.8 cm³/mol. The zero-order chi connectivity index (χ0) is 14.8. The summed E-state index contributed by atoms with van der Waals surface area (Å²) in [7, 11) is 1.66. The third-order valence-corrected chi connectivity index (χ3v) is 3.03. The van der Waals surface area contributed by atoms with Gasteiger partial charge in [0, 0.05) is 12.1 Å². The van der Waals surface area contributed by atoms with E-state index in [2.05, 4.69) is 37.1 Å². The normalized spacial score (nSPS) is 11.7. The van der Waals surface area contributed by atoms with Crippen molar-refractivity contribution in [2.75, 3.05) is 7.11 Å². The van der Waals surface area contributed by atoms with Crippen molar-refractivity contribution in [3.05, 3.63) is 35.9 Å². The number of ether oxygens (including phenoxy) is 1. The number of aromatic nitrogens is 1. The Morgan fingerprint density at radius 1 is 1.30 bits per heavy atom. The van der Waals surface area contributed by atoms with E-state index >= 15 is 0 Å². The molecule has 0 fully saturated rings. The molecule has 0 aliphatic carbocycles. The Balaban J connectivity index is 2.34. The lowest BCUT2D eigenvalue weighted by Crippen LogP contribution is -2.35. The van der Waals surface area contributed by atoms with Gasteiger partial charge in [-0.1, -0.05) is 11.6 Å². The second kappa shape index (κ2) is 5.67. The van der Waals surface area contributed by atoms with E-state index in [4.69, 9.17) is 9.15 Å². The number of oxazole rings is 1. The summed E-state index contributed by atoms with van der Waals surface area (Å²) in [5.74, 6) is 1.56. The highest BCUT2D eigenvalue weighted by Gasteiger charge is 2.17. The number of aryl methyl sites for hydroxylation is 1. The van der Waals surface area contributed by atoms with Crippen molar-refractivity contribution >= 4 is 0 Å². The number of hydrogen-bond donors (Lipinski definition) is 1. The van der Waals surface area contributed by atoms with Crippen molar-refractivity contribution in [3.8, 4) is 17.1 Å². The van der Waals surface area contributed by atoms with Crippen LogP contribution in [0.4, 0.5) is 0 Å². The zero-order valence-corrected chi connectivity index (χ0v) is 12.8. The van der Waals surface area contributed by atoms with Gasteiger partial charge in [-0.25, -0.2) is 4.98 Å². The molecule has 0 radical (unpaired) electrons. The van der Waals surface area contributed by atoms with Gasteiger partial charge in [0.2, 0.25) is 0 Å². The topological polar surface area (TPSA) is 47.3 Å². The minimum absolute atomic E-state index is 0.0346. The molecule has 20 heavy (non-hydrogen) atoms. The monoisotopic (exact) mass is 274 g/mol. The quantitative estimate of drug-likeness (QED) is 0.926. The van der Waals surface area contributed by atoms with E-state index in [0.717, 1.165) is 28.3 Å². The van der Waals surface area contributed by atoms with Crippen LogP contribution in [0.1, 0.15) is 32.0 Å². The molecular formula is C16H22N2O2. The summed E-state index contributed by atoms with van der Waals surface area (Å²) < 4.78 is 11.0. The maximum absolute atomic E-state index is 5.58. The van der Waals surface area contributed by atoms with Crippen LogP contribution in [0.2, 0.25) is 0 Å². The van der Waals surface area contributed by atoms with Gasteiger partial charge in [0.05, 0.1) is 12.7 Å². The van der Waals surface area contributed by atoms with E-state index in [1.807, 2.05) is 19.1 Å². The van der Waals surface area contributed by atoms with Crippen molar-refractivity contribution in [1.29, 1.82) is 0 Å². The Hall–Kier alpha value is -1.81. The van der Waals surface area contributed by atoms with Crippen molar-refractivity contribution in [2.24, 2.45) is 0 Å². The minimum Gasteiger partial charge on any atom is -0.496 e. The first-order valence-electron chi connectivity index (χ1n) is 6.73. The molecule has 2 rings (SSSR count). The lowest BCUT2D eigenvalue weighted by molar-refractivity contribution is 0.413. The summed E-state index contributed by atoms with van der Waals surface area (Å²) in [5.41, 5.74) is 3.03. The second-order valence-corrected chi connectivity index (χ2v) is 5.94. The summed E-state index contributed by atoms with van der Waals surface area (Å²) in [4.78, 5) is 4.32. The lowest BCUT2D eigenvalue weighted by Gasteiger charge is -2.20. The number of nitrogens with zero attached hydrogens (tertiary/aromatic N) is 1. The maximum atomic E-state index is 5.58. The molecule has 0 saturated heterocycles. The summed E-state index contributed by atoms with van der Waals surface area (Å²) >= 11 is 0. The van der Waals surface area contributed by atoms with Gasteiger partial charge < -0.3 is 14.5 Å². The van der Waals surface area contributed by atoms with Gasteiger partial charge in [-0.05, 0) is 39.8 Å². The molecule has 1 aromatic heterocycles. The van der Waals surface area contributed by atoms with Crippen LogP contribution in [0, 0.1) is 6.92 Å². The molecule has 4 heteroatoms. The summed E-state index contributed by atoms with van der Waals surface area (Å²) in [6.07, 6.45) is 1.48.